The summed E-state index contributed by atoms with van der Waals surface area (Å²) in [5, 5.41) is 8.45. The van der Waals surface area contributed by atoms with Crippen LogP contribution in [-0.4, -0.2) is 37.8 Å². The second-order valence-electron chi connectivity index (χ2n) is 6.20. The summed E-state index contributed by atoms with van der Waals surface area (Å²) in [6.45, 7) is 8.13. The predicted octanol–water partition coefficient (Wildman–Crippen LogP) is 1.92. The summed E-state index contributed by atoms with van der Waals surface area (Å²) >= 11 is 0. The Kier molecular flexibility index (Phi) is 3.96. The van der Waals surface area contributed by atoms with Crippen molar-refractivity contribution in [2.45, 2.75) is 45.6 Å². The molecule has 2 aromatic rings. The van der Waals surface area contributed by atoms with Crippen LogP contribution < -0.4 is 10.6 Å². The highest BCUT2D eigenvalue weighted by Gasteiger charge is 2.26. The van der Waals surface area contributed by atoms with Gasteiger partial charge in [0.1, 0.15) is 18.0 Å². The molecule has 1 fully saturated rings. The third kappa shape index (κ3) is 2.88. The van der Waals surface area contributed by atoms with Gasteiger partial charge < -0.3 is 15.2 Å². The van der Waals surface area contributed by atoms with E-state index in [1.807, 2.05) is 19.3 Å². The molecule has 1 unspecified atom stereocenters. The number of nitrogens with two attached hydrogens (primary N) is 1. The lowest BCUT2D eigenvalue weighted by atomic mass is 9.97. The summed E-state index contributed by atoms with van der Waals surface area (Å²) in [6.07, 6.45) is 4.06. The van der Waals surface area contributed by atoms with E-state index in [0.717, 1.165) is 43.3 Å². The highest BCUT2D eigenvalue weighted by molar-refractivity contribution is 5.44. The van der Waals surface area contributed by atoms with Gasteiger partial charge in [-0.2, -0.15) is 4.98 Å². The summed E-state index contributed by atoms with van der Waals surface area (Å²) in [4.78, 5) is 10.8. The van der Waals surface area contributed by atoms with E-state index in [0.29, 0.717) is 17.9 Å². The zero-order chi connectivity index (χ0) is 15.7. The van der Waals surface area contributed by atoms with Gasteiger partial charge >= 0.3 is 0 Å². The second kappa shape index (κ2) is 5.90. The molecule has 0 saturated carbocycles. The summed E-state index contributed by atoms with van der Waals surface area (Å²) < 4.78 is 2.16. The van der Waals surface area contributed by atoms with E-state index in [1.54, 1.807) is 0 Å². The molecule has 22 heavy (non-hydrogen) atoms. The maximum atomic E-state index is 5.78. The van der Waals surface area contributed by atoms with Gasteiger partial charge in [-0.25, -0.2) is 4.98 Å². The highest BCUT2D eigenvalue weighted by Crippen LogP contribution is 2.29. The molecule has 3 rings (SSSR count). The average molecular weight is 301 g/mol. The van der Waals surface area contributed by atoms with Crippen LogP contribution in [0, 0.1) is 6.92 Å². The van der Waals surface area contributed by atoms with Crippen LogP contribution >= 0.6 is 0 Å². The second-order valence-corrected chi connectivity index (χ2v) is 6.20. The number of anilines is 2. The molecule has 0 radical (unpaired) electrons. The molecular weight excluding hydrogens is 278 g/mol. The van der Waals surface area contributed by atoms with Gasteiger partial charge in [-0.05, 0) is 33.6 Å². The average Bonchev–Trinajstić information content (AvgIpc) is 2.96. The minimum absolute atomic E-state index is 0.336. The van der Waals surface area contributed by atoms with Gasteiger partial charge in [0, 0.05) is 36.8 Å². The Morgan fingerprint density at radius 3 is 2.86 bits per heavy atom. The van der Waals surface area contributed by atoms with E-state index in [1.165, 1.54) is 0 Å². The molecule has 7 heteroatoms. The molecule has 1 atom stereocenters. The third-order valence-electron chi connectivity index (χ3n) is 4.13. The van der Waals surface area contributed by atoms with Crippen LogP contribution in [0.5, 0.6) is 0 Å². The van der Waals surface area contributed by atoms with Crippen LogP contribution in [0.3, 0.4) is 0 Å². The number of aryl methyl sites for hydroxylation is 1. The SMILES string of the molecule is Cc1cc(N2CCCC(c3nncn3C(C)C)C2)nc(N)n1. The number of aromatic nitrogens is 5. The van der Waals surface area contributed by atoms with Crippen LogP contribution in [0.4, 0.5) is 11.8 Å². The fourth-order valence-electron chi connectivity index (χ4n) is 3.07. The molecule has 0 bridgehead atoms. The molecule has 0 amide bonds. The number of nitrogen functional groups attached to an aromatic ring is 1. The molecule has 0 spiro atoms. The minimum Gasteiger partial charge on any atom is -0.368 e. The van der Waals surface area contributed by atoms with Crippen LogP contribution in [0.1, 0.15) is 50.2 Å². The first kappa shape index (κ1) is 14.7. The Hall–Kier alpha value is -2.18. The number of hydrogen-bond donors (Lipinski definition) is 1. The molecule has 1 aliphatic rings. The molecule has 3 heterocycles. The largest absolute Gasteiger partial charge is 0.368 e. The minimum atomic E-state index is 0.336. The van der Waals surface area contributed by atoms with Gasteiger partial charge in [0.15, 0.2) is 0 Å². The van der Waals surface area contributed by atoms with Crippen molar-refractivity contribution in [3.05, 3.63) is 23.9 Å². The number of rotatable bonds is 3. The summed E-state index contributed by atoms with van der Waals surface area (Å²) in [6, 6.07) is 2.36. The maximum Gasteiger partial charge on any atom is 0.222 e. The fourth-order valence-corrected chi connectivity index (χ4v) is 3.07. The molecule has 2 N–H and O–H groups in total. The molecule has 0 aromatic carbocycles. The summed E-state index contributed by atoms with van der Waals surface area (Å²) in [5.41, 5.74) is 6.68. The van der Waals surface area contributed by atoms with Gasteiger partial charge in [0.05, 0.1) is 0 Å². The van der Waals surface area contributed by atoms with Gasteiger partial charge in [0.2, 0.25) is 5.95 Å². The molecule has 1 saturated heterocycles. The van der Waals surface area contributed by atoms with Crippen molar-refractivity contribution in [1.82, 2.24) is 24.7 Å². The topological polar surface area (TPSA) is 85.8 Å². The highest BCUT2D eigenvalue weighted by atomic mass is 15.3. The van der Waals surface area contributed by atoms with Gasteiger partial charge in [-0.15, -0.1) is 10.2 Å². The zero-order valence-electron chi connectivity index (χ0n) is 13.4. The van der Waals surface area contributed by atoms with E-state index in [4.69, 9.17) is 5.73 Å². The van der Waals surface area contributed by atoms with E-state index in [-0.39, 0.29) is 0 Å². The maximum absolute atomic E-state index is 5.78. The molecular formula is C15H23N7. The summed E-state index contributed by atoms with van der Waals surface area (Å²) in [7, 11) is 0. The van der Waals surface area contributed by atoms with Crippen molar-refractivity contribution in [2.75, 3.05) is 23.7 Å². The predicted molar refractivity (Wildman–Crippen MR) is 85.8 cm³/mol. The normalized spacial score (nSPS) is 18.9. The van der Waals surface area contributed by atoms with Crippen LogP contribution in [0.15, 0.2) is 12.4 Å². The zero-order valence-corrected chi connectivity index (χ0v) is 13.4. The standard InChI is InChI=1S/C15H23N7/c1-10(2)22-9-17-20-14(22)12-5-4-6-21(8-12)13-7-11(3)18-15(16)19-13/h7,9-10,12H,4-6,8H2,1-3H3,(H2,16,18,19). The van der Waals surface area contributed by atoms with Crippen LogP contribution in [-0.2, 0) is 0 Å². The lowest BCUT2D eigenvalue weighted by Gasteiger charge is -2.33. The smallest absolute Gasteiger partial charge is 0.222 e. The van der Waals surface area contributed by atoms with Crippen molar-refractivity contribution in [3.8, 4) is 0 Å². The first-order valence-electron chi connectivity index (χ1n) is 7.80. The quantitative estimate of drug-likeness (QED) is 0.932. The Morgan fingerprint density at radius 1 is 1.32 bits per heavy atom. The van der Waals surface area contributed by atoms with Crippen molar-refractivity contribution in [3.63, 3.8) is 0 Å². The molecule has 0 aliphatic carbocycles. The Balaban J connectivity index is 1.83. The first-order chi connectivity index (χ1) is 10.5. The lowest BCUT2D eigenvalue weighted by Crippen LogP contribution is -2.36. The van der Waals surface area contributed by atoms with Gasteiger partial charge in [-0.3, -0.25) is 0 Å². The Labute approximate surface area is 130 Å². The number of nitrogens with zero attached hydrogens (tertiary/aromatic N) is 6. The molecule has 118 valence electrons. The van der Waals surface area contributed by atoms with Crippen LogP contribution in [0.25, 0.3) is 0 Å². The Bertz CT molecular complexity index is 629. The molecule has 7 nitrogen and oxygen atoms in total. The van der Waals surface area contributed by atoms with Crippen molar-refractivity contribution in [1.29, 1.82) is 0 Å². The summed E-state index contributed by atoms with van der Waals surface area (Å²) in [5.74, 6) is 2.68. The van der Waals surface area contributed by atoms with Crippen molar-refractivity contribution in [2.24, 2.45) is 0 Å². The number of piperidine rings is 1. The monoisotopic (exact) mass is 301 g/mol. The van der Waals surface area contributed by atoms with E-state index < -0.39 is 0 Å². The van der Waals surface area contributed by atoms with Gasteiger partial charge in [-0.1, -0.05) is 0 Å². The fraction of sp³-hybridized carbons (Fsp3) is 0.600. The third-order valence-corrected chi connectivity index (χ3v) is 4.13. The number of hydrogen-bond acceptors (Lipinski definition) is 6. The van der Waals surface area contributed by atoms with E-state index in [2.05, 4.69) is 43.5 Å². The van der Waals surface area contributed by atoms with E-state index in [9.17, 15) is 0 Å². The molecule has 2 aromatic heterocycles. The van der Waals surface area contributed by atoms with E-state index >= 15 is 0 Å². The Morgan fingerprint density at radius 2 is 2.14 bits per heavy atom. The first-order valence-corrected chi connectivity index (χ1v) is 7.80. The lowest BCUT2D eigenvalue weighted by molar-refractivity contribution is 0.453. The van der Waals surface area contributed by atoms with Crippen LogP contribution in [0.2, 0.25) is 0 Å². The van der Waals surface area contributed by atoms with Crippen molar-refractivity contribution < 1.29 is 0 Å². The molecule has 1 aliphatic heterocycles. The van der Waals surface area contributed by atoms with Crippen molar-refractivity contribution >= 4 is 11.8 Å². The van der Waals surface area contributed by atoms with Gasteiger partial charge in [0.25, 0.3) is 0 Å².